The second-order valence-electron chi connectivity index (χ2n) is 4.25. The maximum absolute atomic E-state index is 13.5. The van der Waals surface area contributed by atoms with E-state index in [1.807, 2.05) is 6.92 Å². The Bertz CT molecular complexity index is 625. The van der Waals surface area contributed by atoms with Gasteiger partial charge in [0.1, 0.15) is 5.82 Å². The van der Waals surface area contributed by atoms with Gasteiger partial charge < -0.3 is 5.32 Å². The van der Waals surface area contributed by atoms with E-state index in [1.54, 1.807) is 18.2 Å². The molecule has 0 aliphatic heterocycles. The summed E-state index contributed by atoms with van der Waals surface area (Å²) in [5, 5.41) is 4.45. The van der Waals surface area contributed by atoms with Crippen molar-refractivity contribution in [3.63, 3.8) is 0 Å². The number of nitrogens with one attached hydrogen (secondary N) is 1. The highest BCUT2D eigenvalue weighted by Gasteiger charge is 2.15. The molecule has 1 unspecified atom stereocenters. The second-order valence-corrected chi connectivity index (χ2v) is 5.88. The predicted molar refractivity (Wildman–Crippen MR) is 84.9 cm³/mol. The zero-order valence-corrected chi connectivity index (χ0v) is 13.4. The minimum atomic E-state index is -0.523. The fourth-order valence-corrected chi connectivity index (χ4v) is 2.85. The van der Waals surface area contributed by atoms with Crippen LogP contribution in [0.2, 0.25) is 20.1 Å². The molecule has 0 aromatic heterocycles. The van der Waals surface area contributed by atoms with Gasteiger partial charge in [0.05, 0.1) is 26.8 Å². The molecule has 0 fully saturated rings. The Morgan fingerprint density at radius 2 is 1.55 bits per heavy atom. The normalized spacial score (nSPS) is 12.3. The number of anilines is 1. The van der Waals surface area contributed by atoms with Crippen molar-refractivity contribution in [2.24, 2.45) is 0 Å². The quantitative estimate of drug-likeness (QED) is 0.612. The number of hydrogen-bond donors (Lipinski definition) is 1. The van der Waals surface area contributed by atoms with Gasteiger partial charge in [-0.15, -0.1) is 0 Å². The SMILES string of the molecule is CC(Nc1c(Cl)cccc1Cl)c1cc(F)c(Cl)cc1Cl. The monoisotopic (exact) mass is 351 g/mol. The maximum Gasteiger partial charge on any atom is 0.142 e. The lowest BCUT2D eigenvalue weighted by Crippen LogP contribution is -2.08. The van der Waals surface area contributed by atoms with E-state index in [9.17, 15) is 4.39 Å². The lowest BCUT2D eigenvalue weighted by atomic mass is 10.1. The van der Waals surface area contributed by atoms with Gasteiger partial charge in [-0.1, -0.05) is 52.5 Å². The molecule has 0 amide bonds. The smallest absolute Gasteiger partial charge is 0.142 e. The van der Waals surface area contributed by atoms with Crippen molar-refractivity contribution in [1.82, 2.24) is 0 Å². The van der Waals surface area contributed by atoms with E-state index in [2.05, 4.69) is 5.32 Å². The fourth-order valence-electron chi connectivity index (χ4n) is 1.80. The van der Waals surface area contributed by atoms with E-state index in [1.165, 1.54) is 12.1 Å². The maximum atomic E-state index is 13.5. The van der Waals surface area contributed by atoms with Crippen molar-refractivity contribution < 1.29 is 4.39 Å². The molecule has 0 spiro atoms. The molecule has 6 heteroatoms. The van der Waals surface area contributed by atoms with Gasteiger partial charge in [0.15, 0.2) is 0 Å². The van der Waals surface area contributed by atoms with E-state index in [0.29, 0.717) is 26.3 Å². The lowest BCUT2D eigenvalue weighted by molar-refractivity contribution is 0.624. The fraction of sp³-hybridized carbons (Fsp3) is 0.143. The Balaban J connectivity index is 2.33. The molecule has 0 saturated carbocycles. The summed E-state index contributed by atoms with van der Waals surface area (Å²) in [5.41, 5.74) is 1.15. The van der Waals surface area contributed by atoms with Gasteiger partial charge >= 0.3 is 0 Å². The van der Waals surface area contributed by atoms with Gasteiger partial charge in [-0.25, -0.2) is 4.39 Å². The summed E-state index contributed by atoms with van der Waals surface area (Å²) in [6.45, 7) is 1.83. The van der Waals surface area contributed by atoms with Gasteiger partial charge in [0.2, 0.25) is 0 Å². The first-order valence-electron chi connectivity index (χ1n) is 5.75. The predicted octanol–water partition coefficient (Wildman–Crippen LogP) is 6.61. The molecule has 106 valence electrons. The van der Waals surface area contributed by atoms with Crippen LogP contribution in [0.4, 0.5) is 10.1 Å². The van der Waals surface area contributed by atoms with Crippen molar-refractivity contribution in [2.45, 2.75) is 13.0 Å². The van der Waals surface area contributed by atoms with Crippen LogP contribution in [-0.2, 0) is 0 Å². The molecule has 2 rings (SSSR count). The van der Waals surface area contributed by atoms with Crippen molar-refractivity contribution in [3.05, 3.63) is 61.8 Å². The van der Waals surface area contributed by atoms with Gasteiger partial charge in [-0.05, 0) is 36.8 Å². The summed E-state index contributed by atoms with van der Waals surface area (Å²) in [6.07, 6.45) is 0. The Hall–Kier alpha value is -0.670. The highest BCUT2D eigenvalue weighted by atomic mass is 35.5. The average Bonchev–Trinajstić information content (AvgIpc) is 2.38. The zero-order valence-electron chi connectivity index (χ0n) is 10.4. The highest BCUT2D eigenvalue weighted by molar-refractivity contribution is 6.39. The molecule has 2 aromatic rings. The van der Waals surface area contributed by atoms with Gasteiger partial charge in [-0.2, -0.15) is 0 Å². The molecular formula is C14H10Cl4FN. The summed E-state index contributed by atoms with van der Waals surface area (Å²) < 4.78 is 13.5. The van der Waals surface area contributed by atoms with Gasteiger partial charge in [-0.3, -0.25) is 0 Å². The van der Waals surface area contributed by atoms with E-state index >= 15 is 0 Å². The van der Waals surface area contributed by atoms with Crippen LogP contribution in [0, 0.1) is 5.82 Å². The Labute approximate surface area is 136 Å². The first-order valence-corrected chi connectivity index (χ1v) is 7.26. The van der Waals surface area contributed by atoms with Gasteiger partial charge in [0, 0.05) is 5.02 Å². The van der Waals surface area contributed by atoms with Crippen molar-refractivity contribution in [3.8, 4) is 0 Å². The lowest BCUT2D eigenvalue weighted by Gasteiger charge is -2.19. The number of hydrogen-bond acceptors (Lipinski definition) is 1. The van der Waals surface area contributed by atoms with Crippen LogP contribution in [-0.4, -0.2) is 0 Å². The second kappa shape index (κ2) is 6.40. The molecule has 1 nitrogen and oxygen atoms in total. The number of benzene rings is 2. The third-order valence-corrected chi connectivity index (χ3v) is 4.08. The standard InChI is InChI=1S/C14H10Cl4FN/c1-7(8-5-13(19)12(18)6-11(8)17)20-14-9(15)3-2-4-10(14)16/h2-7,20H,1H3. The van der Waals surface area contributed by atoms with Crippen LogP contribution in [0.15, 0.2) is 30.3 Å². The number of halogens is 5. The minimum Gasteiger partial charge on any atom is -0.376 e. The molecule has 0 bridgehead atoms. The minimum absolute atomic E-state index is 0.0123. The molecule has 20 heavy (non-hydrogen) atoms. The van der Waals surface area contributed by atoms with Crippen LogP contribution >= 0.6 is 46.4 Å². The van der Waals surface area contributed by atoms with Crippen LogP contribution in [0.3, 0.4) is 0 Å². The number of rotatable bonds is 3. The summed E-state index contributed by atoms with van der Waals surface area (Å²) in [5.74, 6) is -0.523. The summed E-state index contributed by atoms with van der Waals surface area (Å²) >= 11 is 23.9. The van der Waals surface area contributed by atoms with Crippen LogP contribution < -0.4 is 5.32 Å². The van der Waals surface area contributed by atoms with Gasteiger partial charge in [0.25, 0.3) is 0 Å². The molecule has 0 heterocycles. The molecule has 1 atom stereocenters. The van der Waals surface area contributed by atoms with E-state index in [4.69, 9.17) is 46.4 Å². The third kappa shape index (κ3) is 3.32. The molecule has 0 saturated heterocycles. The zero-order chi connectivity index (χ0) is 14.9. The first-order chi connectivity index (χ1) is 9.40. The largest absolute Gasteiger partial charge is 0.376 e. The highest BCUT2D eigenvalue weighted by Crippen LogP contribution is 2.35. The van der Waals surface area contributed by atoms with Crippen molar-refractivity contribution >= 4 is 52.1 Å². The van der Waals surface area contributed by atoms with Crippen molar-refractivity contribution in [2.75, 3.05) is 5.32 Å². The van der Waals surface area contributed by atoms with Crippen molar-refractivity contribution in [1.29, 1.82) is 0 Å². The topological polar surface area (TPSA) is 12.0 Å². The number of para-hydroxylation sites is 1. The summed E-state index contributed by atoms with van der Waals surface area (Å²) in [6, 6.07) is 7.56. The first kappa shape index (κ1) is 15.7. The Kier molecular flexibility index (Phi) is 5.03. The molecular weight excluding hydrogens is 343 g/mol. The summed E-state index contributed by atoms with van der Waals surface area (Å²) in [4.78, 5) is 0. The molecule has 2 aromatic carbocycles. The molecule has 0 radical (unpaired) electrons. The van der Waals surface area contributed by atoms with E-state index in [0.717, 1.165) is 0 Å². The van der Waals surface area contributed by atoms with Crippen LogP contribution in [0.1, 0.15) is 18.5 Å². The average molecular weight is 353 g/mol. The van der Waals surface area contributed by atoms with E-state index in [-0.39, 0.29) is 11.1 Å². The summed E-state index contributed by atoms with van der Waals surface area (Å²) in [7, 11) is 0. The molecule has 1 N–H and O–H groups in total. The Morgan fingerprint density at radius 1 is 0.950 bits per heavy atom. The van der Waals surface area contributed by atoms with Crippen LogP contribution in [0.25, 0.3) is 0 Å². The van der Waals surface area contributed by atoms with Crippen LogP contribution in [0.5, 0.6) is 0 Å². The Morgan fingerprint density at radius 3 is 2.15 bits per heavy atom. The van der Waals surface area contributed by atoms with E-state index < -0.39 is 5.82 Å². The third-order valence-electron chi connectivity index (χ3n) is 2.83. The molecule has 0 aliphatic rings. The molecule has 0 aliphatic carbocycles.